The highest BCUT2D eigenvalue weighted by atomic mass is 16.6. The number of Topliss-reactive ketones (excluding diaryl/α,β-unsaturated/α-hetero) is 1. The fourth-order valence-corrected chi connectivity index (χ4v) is 2.49. The molecule has 0 bridgehead atoms. The topological polar surface area (TPSA) is 73.1 Å². The van der Waals surface area contributed by atoms with Gasteiger partial charge in [-0.3, -0.25) is 19.9 Å². The predicted molar refractivity (Wildman–Crippen MR) is 90.8 cm³/mol. The molecule has 0 amide bonds. The number of hydrogen-bond donors (Lipinski definition) is 0. The van der Waals surface area contributed by atoms with Crippen molar-refractivity contribution in [2.75, 3.05) is 0 Å². The van der Waals surface area contributed by atoms with Crippen LogP contribution in [0.3, 0.4) is 0 Å². The zero-order valence-electron chi connectivity index (χ0n) is 12.8. The SMILES string of the molecule is O=C(Cc1ccccc1-c1ccccn1)c1ccc([N+](=O)[O-])cc1. The van der Waals surface area contributed by atoms with Crippen molar-refractivity contribution in [3.63, 3.8) is 0 Å². The average molecular weight is 318 g/mol. The summed E-state index contributed by atoms with van der Waals surface area (Å²) in [5.41, 5.74) is 3.02. The van der Waals surface area contributed by atoms with E-state index in [0.29, 0.717) is 5.56 Å². The molecule has 0 unspecified atom stereocenters. The minimum atomic E-state index is -0.482. The zero-order valence-corrected chi connectivity index (χ0v) is 12.8. The maximum atomic E-state index is 12.5. The largest absolute Gasteiger partial charge is 0.294 e. The molecule has 0 aliphatic rings. The lowest BCUT2D eigenvalue weighted by molar-refractivity contribution is -0.384. The lowest BCUT2D eigenvalue weighted by atomic mass is 9.97. The van der Waals surface area contributed by atoms with Gasteiger partial charge in [-0.15, -0.1) is 0 Å². The summed E-state index contributed by atoms with van der Waals surface area (Å²) in [6.07, 6.45) is 1.93. The number of hydrogen-bond acceptors (Lipinski definition) is 4. The molecule has 24 heavy (non-hydrogen) atoms. The van der Waals surface area contributed by atoms with Crippen molar-refractivity contribution in [3.8, 4) is 11.3 Å². The molecule has 0 atom stereocenters. The molecule has 3 aromatic rings. The maximum Gasteiger partial charge on any atom is 0.269 e. The quantitative estimate of drug-likeness (QED) is 0.403. The number of benzene rings is 2. The molecule has 1 heterocycles. The van der Waals surface area contributed by atoms with Gasteiger partial charge in [-0.25, -0.2) is 0 Å². The monoisotopic (exact) mass is 318 g/mol. The predicted octanol–water partition coefficient (Wildman–Crippen LogP) is 4.08. The van der Waals surface area contributed by atoms with Crippen molar-refractivity contribution in [2.24, 2.45) is 0 Å². The Bertz CT molecular complexity index is 875. The van der Waals surface area contributed by atoms with E-state index >= 15 is 0 Å². The molecule has 118 valence electrons. The molecule has 0 saturated carbocycles. The number of rotatable bonds is 5. The van der Waals surface area contributed by atoms with Crippen molar-refractivity contribution in [2.45, 2.75) is 6.42 Å². The summed E-state index contributed by atoms with van der Waals surface area (Å²) in [6.45, 7) is 0. The lowest BCUT2D eigenvalue weighted by Gasteiger charge is -2.08. The molecule has 0 fully saturated rings. The van der Waals surface area contributed by atoms with Gasteiger partial charge in [0.25, 0.3) is 5.69 Å². The molecule has 0 aliphatic carbocycles. The van der Waals surface area contributed by atoms with Gasteiger partial charge < -0.3 is 0 Å². The number of aromatic nitrogens is 1. The van der Waals surface area contributed by atoms with Crippen LogP contribution in [0.4, 0.5) is 5.69 Å². The third kappa shape index (κ3) is 3.35. The summed E-state index contributed by atoms with van der Waals surface area (Å²) in [4.78, 5) is 27.0. The van der Waals surface area contributed by atoms with Crippen LogP contribution in [0.15, 0.2) is 72.9 Å². The van der Waals surface area contributed by atoms with Gasteiger partial charge in [-0.2, -0.15) is 0 Å². The third-order valence-corrected chi connectivity index (χ3v) is 3.71. The van der Waals surface area contributed by atoms with E-state index in [0.717, 1.165) is 16.8 Å². The highest BCUT2D eigenvalue weighted by molar-refractivity contribution is 5.98. The number of carbonyl (C=O) groups excluding carboxylic acids is 1. The van der Waals surface area contributed by atoms with Crippen LogP contribution in [0.2, 0.25) is 0 Å². The molecule has 1 aromatic heterocycles. The first-order chi connectivity index (χ1) is 11.6. The molecular formula is C19H14N2O3. The number of ketones is 1. The van der Waals surface area contributed by atoms with Crippen LogP contribution >= 0.6 is 0 Å². The summed E-state index contributed by atoms with van der Waals surface area (Å²) in [7, 11) is 0. The maximum absolute atomic E-state index is 12.5. The van der Waals surface area contributed by atoms with Crippen LogP contribution in [0, 0.1) is 10.1 Å². The molecular weight excluding hydrogens is 304 g/mol. The van der Waals surface area contributed by atoms with E-state index in [1.54, 1.807) is 6.20 Å². The molecule has 0 saturated heterocycles. The molecule has 2 aromatic carbocycles. The number of nitro groups is 1. The standard InChI is InChI=1S/C19H14N2O3/c22-19(14-8-10-16(11-9-14)21(23)24)13-15-5-1-2-6-17(15)18-7-3-4-12-20-18/h1-12H,13H2. The fourth-order valence-electron chi connectivity index (χ4n) is 2.49. The summed E-state index contributed by atoms with van der Waals surface area (Å²) in [6, 6.07) is 18.9. The number of nitro benzene ring substituents is 1. The van der Waals surface area contributed by atoms with Gasteiger partial charge in [0, 0.05) is 35.9 Å². The van der Waals surface area contributed by atoms with Gasteiger partial charge in [0.15, 0.2) is 5.78 Å². The molecule has 0 radical (unpaired) electrons. The van der Waals surface area contributed by atoms with Crippen LogP contribution in [-0.2, 0) is 6.42 Å². The van der Waals surface area contributed by atoms with E-state index in [-0.39, 0.29) is 17.9 Å². The van der Waals surface area contributed by atoms with Gasteiger partial charge in [-0.1, -0.05) is 30.3 Å². The smallest absolute Gasteiger partial charge is 0.269 e. The summed E-state index contributed by atoms with van der Waals surface area (Å²) < 4.78 is 0. The van der Waals surface area contributed by atoms with Crippen molar-refractivity contribution >= 4 is 11.5 Å². The van der Waals surface area contributed by atoms with Crippen LogP contribution < -0.4 is 0 Å². The molecule has 5 nitrogen and oxygen atoms in total. The van der Waals surface area contributed by atoms with E-state index in [2.05, 4.69) is 4.98 Å². The average Bonchev–Trinajstić information content (AvgIpc) is 2.63. The Morgan fingerprint density at radius 3 is 2.33 bits per heavy atom. The first-order valence-electron chi connectivity index (χ1n) is 7.42. The van der Waals surface area contributed by atoms with Crippen LogP contribution in [0.1, 0.15) is 15.9 Å². The first kappa shape index (κ1) is 15.6. The van der Waals surface area contributed by atoms with E-state index < -0.39 is 4.92 Å². The second kappa shape index (κ2) is 6.83. The second-order valence-corrected chi connectivity index (χ2v) is 5.28. The number of non-ortho nitro benzene ring substituents is 1. The lowest BCUT2D eigenvalue weighted by Crippen LogP contribution is -2.05. The van der Waals surface area contributed by atoms with E-state index in [9.17, 15) is 14.9 Å². The normalized spacial score (nSPS) is 10.3. The number of pyridine rings is 1. The Labute approximate surface area is 138 Å². The van der Waals surface area contributed by atoms with E-state index in [1.165, 1.54) is 24.3 Å². The first-order valence-corrected chi connectivity index (χ1v) is 7.42. The van der Waals surface area contributed by atoms with Gasteiger partial charge in [0.05, 0.1) is 10.6 Å². The minimum Gasteiger partial charge on any atom is -0.294 e. The Morgan fingerprint density at radius 2 is 1.67 bits per heavy atom. The Hall–Kier alpha value is -3.34. The van der Waals surface area contributed by atoms with Crippen LogP contribution in [-0.4, -0.2) is 15.7 Å². The number of carbonyl (C=O) groups is 1. The minimum absolute atomic E-state index is 0.0274. The third-order valence-electron chi connectivity index (χ3n) is 3.71. The van der Waals surface area contributed by atoms with Crippen molar-refractivity contribution in [1.29, 1.82) is 0 Å². The van der Waals surface area contributed by atoms with Crippen molar-refractivity contribution in [3.05, 3.63) is 94.2 Å². The van der Waals surface area contributed by atoms with Crippen LogP contribution in [0.25, 0.3) is 11.3 Å². The zero-order chi connectivity index (χ0) is 16.9. The van der Waals surface area contributed by atoms with Crippen LogP contribution in [0.5, 0.6) is 0 Å². The summed E-state index contributed by atoms with van der Waals surface area (Å²) in [5, 5.41) is 10.7. The van der Waals surface area contributed by atoms with Crippen molar-refractivity contribution < 1.29 is 9.72 Å². The van der Waals surface area contributed by atoms with Gasteiger partial charge in [0.1, 0.15) is 0 Å². The molecule has 0 N–H and O–H groups in total. The highest BCUT2D eigenvalue weighted by Crippen LogP contribution is 2.23. The second-order valence-electron chi connectivity index (χ2n) is 5.28. The van der Waals surface area contributed by atoms with Crippen molar-refractivity contribution in [1.82, 2.24) is 4.98 Å². The Balaban J connectivity index is 1.86. The molecule has 5 heteroatoms. The summed E-state index contributed by atoms with van der Waals surface area (Å²) >= 11 is 0. The number of nitrogens with zero attached hydrogens (tertiary/aromatic N) is 2. The molecule has 0 aliphatic heterocycles. The Kier molecular flexibility index (Phi) is 4.43. The van der Waals surface area contributed by atoms with E-state index in [1.807, 2.05) is 42.5 Å². The highest BCUT2D eigenvalue weighted by Gasteiger charge is 2.13. The van der Waals surface area contributed by atoms with E-state index in [4.69, 9.17) is 0 Å². The Morgan fingerprint density at radius 1 is 0.958 bits per heavy atom. The van der Waals surface area contributed by atoms with Gasteiger partial charge >= 0.3 is 0 Å². The van der Waals surface area contributed by atoms with Gasteiger partial charge in [-0.05, 0) is 29.8 Å². The molecule has 0 spiro atoms. The molecule has 3 rings (SSSR count). The fraction of sp³-hybridized carbons (Fsp3) is 0.0526. The van der Waals surface area contributed by atoms with Gasteiger partial charge in [0.2, 0.25) is 0 Å². The summed E-state index contributed by atoms with van der Waals surface area (Å²) in [5.74, 6) is -0.0896.